The van der Waals surface area contributed by atoms with Gasteiger partial charge >= 0.3 is 5.97 Å². The van der Waals surface area contributed by atoms with Crippen LogP contribution in [0.25, 0.3) is 0 Å². The molecule has 0 atom stereocenters. The van der Waals surface area contributed by atoms with Gasteiger partial charge in [-0.1, -0.05) is 6.07 Å². The van der Waals surface area contributed by atoms with Crippen molar-refractivity contribution >= 4 is 5.97 Å². The number of carboxylic acids is 1. The summed E-state index contributed by atoms with van der Waals surface area (Å²) in [6.07, 6.45) is 3.32. The number of aryl methyl sites for hydroxylation is 1. The summed E-state index contributed by atoms with van der Waals surface area (Å²) < 4.78 is 5.60. The molecule has 86 valence electrons. The van der Waals surface area contributed by atoms with Crippen LogP contribution in [-0.2, 0) is 0 Å². The average molecular weight is 229 g/mol. The van der Waals surface area contributed by atoms with Gasteiger partial charge in [0.15, 0.2) is 0 Å². The van der Waals surface area contributed by atoms with Gasteiger partial charge in [0.1, 0.15) is 11.5 Å². The van der Waals surface area contributed by atoms with E-state index in [-0.39, 0.29) is 5.56 Å². The predicted molar refractivity (Wildman–Crippen MR) is 62.4 cm³/mol. The van der Waals surface area contributed by atoms with Crippen LogP contribution in [0.2, 0.25) is 0 Å². The van der Waals surface area contributed by atoms with Crippen LogP contribution in [0.5, 0.6) is 11.5 Å². The van der Waals surface area contributed by atoms with Crippen molar-refractivity contribution in [2.45, 2.75) is 6.92 Å². The topological polar surface area (TPSA) is 59.4 Å². The molecule has 0 radical (unpaired) electrons. The Labute approximate surface area is 98.5 Å². The molecule has 1 N–H and O–H groups in total. The van der Waals surface area contributed by atoms with E-state index in [2.05, 4.69) is 4.98 Å². The maximum absolute atomic E-state index is 10.8. The quantitative estimate of drug-likeness (QED) is 0.879. The number of carbonyl (C=O) groups is 1. The molecule has 1 aromatic heterocycles. The Morgan fingerprint density at radius 2 is 2.18 bits per heavy atom. The molecule has 0 bridgehead atoms. The summed E-state index contributed by atoms with van der Waals surface area (Å²) in [6, 6.07) is 8.11. The van der Waals surface area contributed by atoms with Crippen molar-refractivity contribution < 1.29 is 14.6 Å². The van der Waals surface area contributed by atoms with Gasteiger partial charge < -0.3 is 9.84 Å². The van der Waals surface area contributed by atoms with Gasteiger partial charge in [-0.3, -0.25) is 4.98 Å². The third kappa shape index (κ3) is 2.60. The fraction of sp³-hybridized carbons (Fsp3) is 0.0769. The van der Waals surface area contributed by atoms with Crippen molar-refractivity contribution in [1.29, 1.82) is 0 Å². The van der Waals surface area contributed by atoms with E-state index in [0.717, 1.165) is 5.56 Å². The SMILES string of the molecule is Cc1cnccc1Oc1cccc(C(=O)O)c1. The molecule has 1 heterocycles. The molecule has 4 nitrogen and oxygen atoms in total. The molecule has 0 aliphatic carbocycles. The van der Waals surface area contributed by atoms with Crippen molar-refractivity contribution in [3.05, 3.63) is 53.9 Å². The predicted octanol–water partition coefficient (Wildman–Crippen LogP) is 2.88. The van der Waals surface area contributed by atoms with Crippen LogP contribution in [0.15, 0.2) is 42.7 Å². The van der Waals surface area contributed by atoms with E-state index < -0.39 is 5.97 Å². The second kappa shape index (κ2) is 4.65. The summed E-state index contributed by atoms with van der Waals surface area (Å²) in [4.78, 5) is 14.8. The Balaban J connectivity index is 2.28. The molecule has 0 saturated carbocycles. The highest BCUT2D eigenvalue weighted by molar-refractivity contribution is 5.88. The lowest BCUT2D eigenvalue weighted by atomic mass is 10.2. The van der Waals surface area contributed by atoms with Crippen molar-refractivity contribution in [3.8, 4) is 11.5 Å². The number of aromatic carboxylic acids is 1. The lowest BCUT2D eigenvalue weighted by Crippen LogP contribution is -1.96. The fourth-order valence-electron chi connectivity index (χ4n) is 1.39. The third-order valence-electron chi connectivity index (χ3n) is 2.28. The maximum atomic E-state index is 10.8. The van der Waals surface area contributed by atoms with E-state index in [1.54, 1.807) is 30.6 Å². The van der Waals surface area contributed by atoms with E-state index >= 15 is 0 Å². The molecule has 0 aliphatic rings. The molecule has 1 aromatic carbocycles. The van der Waals surface area contributed by atoms with Crippen LogP contribution < -0.4 is 4.74 Å². The van der Waals surface area contributed by atoms with Crippen molar-refractivity contribution in [1.82, 2.24) is 4.98 Å². The minimum absolute atomic E-state index is 0.203. The summed E-state index contributed by atoms with van der Waals surface area (Å²) in [5, 5.41) is 8.86. The Kier molecular flexibility index (Phi) is 3.05. The van der Waals surface area contributed by atoms with Crippen LogP contribution in [0.4, 0.5) is 0 Å². The first-order valence-electron chi connectivity index (χ1n) is 5.08. The number of nitrogens with zero attached hydrogens (tertiary/aromatic N) is 1. The summed E-state index contributed by atoms with van der Waals surface area (Å²) in [5.74, 6) is 0.198. The first-order valence-corrected chi connectivity index (χ1v) is 5.08. The van der Waals surface area contributed by atoms with Crippen molar-refractivity contribution in [3.63, 3.8) is 0 Å². The highest BCUT2D eigenvalue weighted by atomic mass is 16.5. The molecule has 0 aliphatic heterocycles. The van der Waals surface area contributed by atoms with Gasteiger partial charge in [0.05, 0.1) is 5.56 Å². The van der Waals surface area contributed by atoms with Gasteiger partial charge in [-0.2, -0.15) is 0 Å². The molecule has 4 heteroatoms. The van der Waals surface area contributed by atoms with E-state index in [9.17, 15) is 4.79 Å². The van der Waals surface area contributed by atoms with Crippen molar-refractivity contribution in [2.24, 2.45) is 0 Å². The average Bonchev–Trinajstić information content (AvgIpc) is 2.32. The highest BCUT2D eigenvalue weighted by Gasteiger charge is 2.05. The van der Waals surface area contributed by atoms with Gasteiger partial charge in [0.25, 0.3) is 0 Å². The van der Waals surface area contributed by atoms with Gasteiger partial charge in [0, 0.05) is 18.0 Å². The van der Waals surface area contributed by atoms with Gasteiger partial charge in [-0.25, -0.2) is 4.79 Å². The largest absolute Gasteiger partial charge is 0.478 e. The Hall–Kier alpha value is -2.36. The number of hydrogen-bond acceptors (Lipinski definition) is 3. The number of pyridine rings is 1. The highest BCUT2D eigenvalue weighted by Crippen LogP contribution is 2.24. The van der Waals surface area contributed by atoms with Crippen molar-refractivity contribution in [2.75, 3.05) is 0 Å². The molecule has 0 saturated heterocycles. The zero-order valence-electron chi connectivity index (χ0n) is 9.25. The number of rotatable bonds is 3. The van der Waals surface area contributed by atoms with Gasteiger partial charge in [0.2, 0.25) is 0 Å². The number of aromatic nitrogens is 1. The lowest BCUT2D eigenvalue weighted by Gasteiger charge is -2.08. The summed E-state index contributed by atoms with van der Waals surface area (Å²) in [6.45, 7) is 1.88. The molecule has 2 aromatic rings. The fourth-order valence-corrected chi connectivity index (χ4v) is 1.39. The number of ether oxygens (including phenoxy) is 1. The van der Waals surface area contributed by atoms with Crippen LogP contribution in [-0.4, -0.2) is 16.1 Å². The summed E-state index contributed by atoms with van der Waals surface area (Å²) in [5.41, 5.74) is 1.10. The smallest absolute Gasteiger partial charge is 0.335 e. The third-order valence-corrected chi connectivity index (χ3v) is 2.28. The minimum atomic E-state index is -0.970. The second-order valence-electron chi connectivity index (χ2n) is 3.58. The summed E-state index contributed by atoms with van der Waals surface area (Å²) in [7, 11) is 0. The molecule has 0 fully saturated rings. The summed E-state index contributed by atoms with van der Waals surface area (Å²) >= 11 is 0. The molecule has 2 rings (SSSR count). The van der Waals surface area contributed by atoms with Crippen LogP contribution in [0.3, 0.4) is 0 Å². The second-order valence-corrected chi connectivity index (χ2v) is 3.58. The van der Waals surface area contributed by atoms with Gasteiger partial charge in [-0.05, 0) is 31.2 Å². The monoisotopic (exact) mass is 229 g/mol. The molecular weight excluding hydrogens is 218 g/mol. The number of carboxylic acid groups (broad SMARTS) is 1. The number of hydrogen-bond donors (Lipinski definition) is 1. The van der Waals surface area contributed by atoms with Gasteiger partial charge in [-0.15, -0.1) is 0 Å². The Morgan fingerprint density at radius 1 is 1.35 bits per heavy atom. The number of benzene rings is 1. The first-order chi connectivity index (χ1) is 8.16. The lowest BCUT2D eigenvalue weighted by molar-refractivity contribution is 0.0696. The van der Waals surface area contributed by atoms with E-state index in [1.165, 1.54) is 12.1 Å². The zero-order valence-corrected chi connectivity index (χ0v) is 9.25. The zero-order chi connectivity index (χ0) is 12.3. The maximum Gasteiger partial charge on any atom is 0.335 e. The minimum Gasteiger partial charge on any atom is -0.478 e. The normalized spacial score (nSPS) is 9.94. The van der Waals surface area contributed by atoms with Crippen LogP contribution in [0, 0.1) is 6.92 Å². The first kappa shape index (κ1) is 11.1. The molecule has 0 unspecified atom stereocenters. The molecule has 17 heavy (non-hydrogen) atoms. The van der Waals surface area contributed by atoms with E-state index in [1.807, 2.05) is 6.92 Å². The molecule has 0 amide bonds. The Morgan fingerprint density at radius 3 is 2.88 bits per heavy atom. The van der Waals surface area contributed by atoms with E-state index in [0.29, 0.717) is 11.5 Å². The molecular formula is C13H11NO3. The van der Waals surface area contributed by atoms with Crippen LogP contribution in [0.1, 0.15) is 15.9 Å². The standard InChI is InChI=1S/C13H11NO3/c1-9-8-14-6-5-12(9)17-11-4-2-3-10(7-11)13(15)16/h2-8H,1H3,(H,15,16). The van der Waals surface area contributed by atoms with Crippen LogP contribution >= 0.6 is 0 Å². The van der Waals surface area contributed by atoms with E-state index in [4.69, 9.17) is 9.84 Å². The Bertz CT molecular complexity index is 552. The molecule has 0 spiro atoms.